The second-order valence-corrected chi connectivity index (χ2v) is 5.67. The summed E-state index contributed by atoms with van der Waals surface area (Å²) in [7, 11) is 0. The molecular formula is C14H9BrClFN2O. The Morgan fingerprint density at radius 2 is 1.90 bits per heavy atom. The van der Waals surface area contributed by atoms with Gasteiger partial charge in [0.25, 0.3) is 0 Å². The molecule has 1 heterocycles. The van der Waals surface area contributed by atoms with Gasteiger partial charge < -0.3 is 9.97 Å². The molecule has 2 aromatic carbocycles. The molecule has 0 aliphatic rings. The van der Waals surface area contributed by atoms with Crippen molar-refractivity contribution >= 4 is 38.6 Å². The lowest BCUT2D eigenvalue weighted by molar-refractivity contribution is 0.611. The Hall–Kier alpha value is -1.59. The molecule has 0 bridgehead atoms. The molecule has 0 spiro atoms. The molecule has 2 N–H and O–H groups in total. The first-order valence-corrected chi connectivity index (χ1v) is 7.09. The number of imidazole rings is 1. The second kappa shape index (κ2) is 5.07. The van der Waals surface area contributed by atoms with Crippen LogP contribution in [-0.2, 0) is 0 Å². The molecule has 0 amide bonds. The summed E-state index contributed by atoms with van der Waals surface area (Å²) >= 11 is 9.69. The summed E-state index contributed by atoms with van der Waals surface area (Å²) in [6.07, 6.45) is 0. The minimum atomic E-state index is -0.645. The lowest BCUT2D eigenvalue weighted by Gasteiger charge is -2.13. The molecule has 1 aromatic heterocycles. The van der Waals surface area contributed by atoms with Crippen LogP contribution in [0.15, 0.2) is 45.7 Å². The minimum absolute atomic E-state index is 0.282. The van der Waals surface area contributed by atoms with E-state index in [1.807, 2.05) is 0 Å². The van der Waals surface area contributed by atoms with E-state index in [2.05, 4.69) is 25.9 Å². The standard InChI is InChI=1S/C14H9BrClFN2O/c15-8-2-1-3-9(17)12(8)13(16)7-4-5-10-11(6-7)19-14(20)18-10/h1-6,13H,(H2,18,19,20). The third-order valence-electron chi connectivity index (χ3n) is 3.09. The van der Waals surface area contributed by atoms with E-state index in [1.54, 1.807) is 30.3 Å². The molecule has 0 saturated heterocycles. The van der Waals surface area contributed by atoms with Crippen LogP contribution in [0.4, 0.5) is 4.39 Å². The number of H-pyrrole nitrogens is 2. The van der Waals surface area contributed by atoms with Gasteiger partial charge in [0, 0.05) is 10.0 Å². The van der Waals surface area contributed by atoms with E-state index < -0.39 is 5.38 Å². The second-order valence-electron chi connectivity index (χ2n) is 4.38. The van der Waals surface area contributed by atoms with Gasteiger partial charge in [-0.05, 0) is 29.8 Å². The van der Waals surface area contributed by atoms with Crippen molar-refractivity contribution in [3.05, 3.63) is 68.3 Å². The van der Waals surface area contributed by atoms with Crippen molar-refractivity contribution in [2.45, 2.75) is 5.38 Å². The summed E-state index contributed by atoms with van der Waals surface area (Å²) in [5, 5.41) is -0.645. The lowest BCUT2D eigenvalue weighted by Crippen LogP contribution is -1.99. The number of fused-ring (bicyclic) bond motifs is 1. The first-order chi connectivity index (χ1) is 9.56. The fraction of sp³-hybridized carbons (Fsp3) is 0.0714. The van der Waals surface area contributed by atoms with Gasteiger partial charge in [0.15, 0.2) is 0 Å². The maximum absolute atomic E-state index is 13.9. The fourth-order valence-electron chi connectivity index (χ4n) is 2.13. The highest BCUT2D eigenvalue weighted by atomic mass is 79.9. The van der Waals surface area contributed by atoms with E-state index in [0.29, 0.717) is 26.6 Å². The van der Waals surface area contributed by atoms with E-state index in [0.717, 1.165) is 0 Å². The van der Waals surface area contributed by atoms with E-state index in [4.69, 9.17) is 11.6 Å². The minimum Gasteiger partial charge on any atom is -0.306 e. The maximum Gasteiger partial charge on any atom is 0.323 e. The molecule has 0 saturated carbocycles. The van der Waals surface area contributed by atoms with Crippen molar-refractivity contribution in [3.8, 4) is 0 Å². The molecule has 3 rings (SSSR count). The highest BCUT2D eigenvalue weighted by molar-refractivity contribution is 9.10. The van der Waals surface area contributed by atoms with Crippen LogP contribution in [-0.4, -0.2) is 9.97 Å². The maximum atomic E-state index is 13.9. The van der Waals surface area contributed by atoms with Crippen LogP contribution >= 0.6 is 27.5 Å². The van der Waals surface area contributed by atoms with Crippen LogP contribution < -0.4 is 5.69 Å². The van der Waals surface area contributed by atoms with Crippen LogP contribution in [0.1, 0.15) is 16.5 Å². The molecule has 0 fully saturated rings. The van der Waals surface area contributed by atoms with Gasteiger partial charge in [-0.1, -0.05) is 28.1 Å². The Morgan fingerprint density at radius 3 is 2.65 bits per heavy atom. The van der Waals surface area contributed by atoms with E-state index in [9.17, 15) is 9.18 Å². The highest BCUT2D eigenvalue weighted by Gasteiger charge is 2.18. The quantitative estimate of drug-likeness (QED) is 0.668. The zero-order chi connectivity index (χ0) is 14.3. The summed E-state index contributed by atoms with van der Waals surface area (Å²) in [5.74, 6) is -0.373. The number of aromatic nitrogens is 2. The Balaban J connectivity index is 2.12. The largest absolute Gasteiger partial charge is 0.323 e. The van der Waals surface area contributed by atoms with E-state index >= 15 is 0 Å². The molecule has 1 atom stereocenters. The first-order valence-electron chi connectivity index (χ1n) is 5.86. The van der Waals surface area contributed by atoms with Crippen molar-refractivity contribution in [2.24, 2.45) is 0 Å². The smallest absolute Gasteiger partial charge is 0.306 e. The topological polar surface area (TPSA) is 48.6 Å². The Kier molecular flexibility index (Phi) is 3.40. The van der Waals surface area contributed by atoms with E-state index in [1.165, 1.54) is 6.07 Å². The lowest BCUT2D eigenvalue weighted by atomic mass is 10.0. The first kappa shape index (κ1) is 13.4. The van der Waals surface area contributed by atoms with Gasteiger partial charge in [0.2, 0.25) is 0 Å². The van der Waals surface area contributed by atoms with Gasteiger partial charge >= 0.3 is 5.69 Å². The average molecular weight is 356 g/mol. The summed E-state index contributed by atoms with van der Waals surface area (Å²) in [6.45, 7) is 0. The van der Waals surface area contributed by atoms with Gasteiger partial charge in [-0.15, -0.1) is 11.6 Å². The van der Waals surface area contributed by atoms with Crippen molar-refractivity contribution in [1.82, 2.24) is 9.97 Å². The normalized spacial score (nSPS) is 12.8. The molecule has 1 unspecified atom stereocenters. The van der Waals surface area contributed by atoms with Gasteiger partial charge in [0.05, 0.1) is 16.4 Å². The third kappa shape index (κ3) is 2.27. The fourth-order valence-corrected chi connectivity index (χ4v) is 3.19. The van der Waals surface area contributed by atoms with Crippen molar-refractivity contribution in [1.29, 1.82) is 0 Å². The van der Waals surface area contributed by atoms with Crippen molar-refractivity contribution in [3.63, 3.8) is 0 Å². The van der Waals surface area contributed by atoms with Gasteiger partial charge in [-0.25, -0.2) is 9.18 Å². The molecule has 0 aliphatic heterocycles. The highest BCUT2D eigenvalue weighted by Crippen LogP contribution is 2.36. The van der Waals surface area contributed by atoms with Crippen molar-refractivity contribution < 1.29 is 4.39 Å². The number of benzene rings is 2. The zero-order valence-corrected chi connectivity index (χ0v) is 12.4. The molecule has 102 valence electrons. The van der Waals surface area contributed by atoms with Crippen molar-refractivity contribution in [2.75, 3.05) is 0 Å². The SMILES string of the molecule is O=c1[nH]c2ccc(C(Cl)c3c(F)cccc3Br)cc2[nH]1. The molecule has 0 radical (unpaired) electrons. The number of nitrogens with one attached hydrogen (secondary N) is 2. The summed E-state index contributed by atoms with van der Waals surface area (Å²) in [5.41, 5.74) is 2.14. The summed E-state index contributed by atoms with van der Waals surface area (Å²) < 4.78 is 14.5. The predicted octanol–water partition coefficient (Wildman–Crippen LogP) is 4.09. The average Bonchev–Trinajstić information content (AvgIpc) is 2.77. The van der Waals surface area contributed by atoms with Gasteiger partial charge in [-0.2, -0.15) is 0 Å². The number of alkyl halides is 1. The van der Waals surface area contributed by atoms with Crippen LogP contribution in [0.25, 0.3) is 11.0 Å². The van der Waals surface area contributed by atoms with Gasteiger partial charge in [-0.3, -0.25) is 0 Å². The number of hydrogen-bond acceptors (Lipinski definition) is 1. The molecule has 6 heteroatoms. The summed E-state index contributed by atoms with van der Waals surface area (Å²) in [4.78, 5) is 16.5. The number of rotatable bonds is 2. The van der Waals surface area contributed by atoms with Crippen LogP contribution in [0.2, 0.25) is 0 Å². The summed E-state index contributed by atoms with van der Waals surface area (Å²) in [6, 6.07) is 9.97. The van der Waals surface area contributed by atoms with E-state index in [-0.39, 0.29) is 11.5 Å². The number of aromatic amines is 2. The molecular weight excluding hydrogens is 347 g/mol. The molecule has 20 heavy (non-hydrogen) atoms. The van der Waals surface area contributed by atoms with Crippen LogP contribution in [0, 0.1) is 5.82 Å². The van der Waals surface area contributed by atoms with Gasteiger partial charge in [0.1, 0.15) is 5.82 Å². The Labute approximate surface area is 126 Å². The molecule has 3 nitrogen and oxygen atoms in total. The number of halogens is 3. The molecule has 3 aromatic rings. The monoisotopic (exact) mass is 354 g/mol. The van der Waals surface area contributed by atoms with Crippen LogP contribution in [0.3, 0.4) is 0 Å². The Bertz CT molecular complexity index is 822. The Morgan fingerprint density at radius 1 is 1.15 bits per heavy atom. The third-order valence-corrected chi connectivity index (χ3v) is 4.25. The predicted molar refractivity (Wildman–Crippen MR) is 80.7 cm³/mol. The van der Waals surface area contributed by atoms with Crippen LogP contribution in [0.5, 0.6) is 0 Å². The number of hydrogen-bond donors (Lipinski definition) is 2. The molecule has 0 aliphatic carbocycles. The zero-order valence-electron chi connectivity index (χ0n) is 10.1.